The SMILES string of the molecule is Cc1noc(C)c1S(=O)(=O)N1CCC(c2cc(C(=O)NCC(F)(F)F)n[nH]2)CC1. The minimum absolute atomic E-state index is 0.0705. The van der Waals surface area contributed by atoms with Crippen LogP contribution < -0.4 is 5.32 Å². The number of H-pyrrole nitrogens is 1. The summed E-state index contributed by atoms with van der Waals surface area (Å²) in [5, 5.41) is 11.9. The number of aromatic amines is 1. The average Bonchev–Trinajstić information content (AvgIpc) is 3.26. The maximum absolute atomic E-state index is 12.8. The highest BCUT2D eigenvalue weighted by Crippen LogP contribution is 2.31. The molecule has 0 spiro atoms. The molecule has 3 rings (SSSR count). The molecular formula is C16H20F3N5O4S. The minimum Gasteiger partial charge on any atom is -0.360 e. The number of piperidine rings is 1. The van der Waals surface area contributed by atoms with Crippen molar-refractivity contribution >= 4 is 15.9 Å². The van der Waals surface area contributed by atoms with Gasteiger partial charge in [0.2, 0.25) is 10.0 Å². The fourth-order valence-electron chi connectivity index (χ4n) is 3.31. The van der Waals surface area contributed by atoms with Crippen molar-refractivity contribution in [2.24, 2.45) is 0 Å². The van der Waals surface area contributed by atoms with Crippen LogP contribution in [0.5, 0.6) is 0 Å². The van der Waals surface area contributed by atoms with E-state index in [0.29, 0.717) is 24.2 Å². The number of aromatic nitrogens is 3. The zero-order valence-electron chi connectivity index (χ0n) is 15.7. The zero-order chi connectivity index (χ0) is 21.4. The van der Waals surface area contributed by atoms with Crippen LogP contribution in [0.4, 0.5) is 13.2 Å². The molecule has 1 aliphatic rings. The molecule has 2 aromatic rings. The summed E-state index contributed by atoms with van der Waals surface area (Å²) in [5.41, 5.74) is 0.735. The van der Waals surface area contributed by atoms with Gasteiger partial charge in [-0.25, -0.2) is 8.42 Å². The number of aryl methyl sites for hydroxylation is 2. The first kappa shape index (κ1) is 21.3. The van der Waals surface area contributed by atoms with Crippen LogP contribution >= 0.6 is 0 Å². The Kier molecular flexibility index (Phi) is 5.72. The summed E-state index contributed by atoms with van der Waals surface area (Å²) in [5.74, 6) is -0.793. The molecule has 0 unspecified atom stereocenters. The van der Waals surface area contributed by atoms with Gasteiger partial charge in [-0.1, -0.05) is 5.16 Å². The zero-order valence-corrected chi connectivity index (χ0v) is 16.5. The van der Waals surface area contributed by atoms with Gasteiger partial charge in [-0.3, -0.25) is 9.89 Å². The second kappa shape index (κ2) is 7.78. The average molecular weight is 435 g/mol. The topological polar surface area (TPSA) is 121 Å². The van der Waals surface area contributed by atoms with Crippen molar-refractivity contribution in [1.29, 1.82) is 0 Å². The molecule has 0 saturated carbocycles. The number of alkyl halides is 3. The standard InChI is InChI=1S/C16H20F3N5O4S/c1-9-14(10(2)28-23-9)29(26,27)24-5-3-11(4-6-24)12-7-13(22-21-12)15(25)20-8-16(17,18)19/h7,11H,3-6,8H2,1-2H3,(H,20,25)(H,21,22). The lowest BCUT2D eigenvalue weighted by atomic mass is 9.94. The van der Waals surface area contributed by atoms with Crippen LogP contribution in [0.15, 0.2) is 15.5 Å². The van der Waals surface area contributed by atoms with Gasteiger partial charge >= 0.3 is 6.18 Å². The summed E-state index contributed by atoms with van der Waals surface area (Å²) < 4.78 is 68.6. The van der Waals surface area contributed by atoms with E-state index < -0.39 is 28.7 Å². The molecule has 1 aliphatic heterocycles. The van der Waals surface area contributed by atoms with E-state index in [2.05, 4.69) is 15.4 Å². The first-order valence-corrected chi connectivity index (χ1v) is 10.3. The van der Waals surface area contributed by atoms with Crippen LogP contribution in [-0.2, 0) is 10.0 Å². The predicted octanol–water partition coefficient (Wildman–Crippen LogP) is 1.87. The fraction of sp³-hybridized carbons (Fsp3) is 0.562. The highest BCUT2D eigenvalue weighted by molar-refractivity contribution is 7.89. The molecule has 0 bridgehead atoms. The lowest BCUT2D eigenvalue weighted by Gasteiger charge is -2.30. The van der Waals surface area contributed by atoms with Crippen LogP contribution in [0.25, 0.3) is 0 Å². The van der Waals surface area contributed by atoms with Crippen molar-refractivity contribution < 1.29 is 30.9 Å². The first-order valence-electron chi connectivity index (χ1n) is 8.82. The number of amides is 1. The van der Waals surface area contributed by atoms with E-state index in [-0.39, 0.29) is 35.4 Å². The molecule has 0 atom stereocenters. The van der Waals surface area contributed by atoms with Gasteiger partial charge in [0, 0.05) is 24.7 Å². The molecule has 1 fully saturated rings. The number of hydrogen-bond acceptors (Lipinski definition) is 6. The van der Waals surface area contributed by atoms with Gasteiger partial charge in [0.05, 0.1) is 0 Å². The molecule has 3 heterocycles. The molecule has 160 valence electrons. The van der Waals surface area contributed by atoms with E-state index in [1.54, 1.807) is 12.2 Å². The number of nitrogens with zero attached hydrogens (tertiary/aromatic N) is 3. The van der Waals surface area contributed by atoms with Crippen molar-refractivity contribution in [2.45, 2.75) is 43.7 Å². The number of carbonyl (C=O) groups excluding carboxylic acids is 1. The van der Waals surface area contributed by atoms with Crippen LogP contribution in [0.2, 0.25) is 0 Å². The summed E-state index contributed by atoms with van der Waals surface area (Å²) in [6.07, 6.45) is -3.57. The maximum atomic E-state index is 12.8. The van der Waals surface area contributed by atoms with Crippen LogP contribution in [0.3, 0.4) is 0 Å². The monoisotopic (exact) mass is 435 g/mol. The third-order valence-electron chi connectivity index (χ3n) is 4.74. The second-order valence-corrected chi connectivity index (χ2v) is 8.71. The highest BCUT2D eigenvalue weighted by Gasteiger charge is 2.35. The summed E-state index contributed by atoms with van der Waals surface area (Å²) in [7, 11) is -3.73. The van der Waals surface area contributed by atoms with E-state index in [0.717, 1.165) is 0 Å². The van der Waals surface area contributed by atoms with Crippen molar-refractivity contribution in [3.63, 3.8) is 0 Å². The Balaban J connectivity index is 1.63. The Bertz CT molecular complexity index is 971. The third-order valence-corrected chi connectivity index (χ3v) is 6.88. The molecule has 2 N–H and O–H groups in total. The Morgan fingerprint density at radius 3 is 2.55 bits per heavy atom. The summed E-state index contributed by atoms with van der Waals surface area (Å²) >= 11 is 0. The Morgan fingerprint density at radius 1 is 1.34 bits per heavy atom. The molecule has 0 aliphatic carbocycles. The Hall–Kier alpha value is -2.41. The van der Waals surface area contributed by atoms with Gasteiger partial charge in [0.15, 0.2) is 5.76 Å². The third kappa shape index (κ3) is 4.61. The second-order valence-electron chi connectivity index (χ2n) is 6.84. The predicted molar refractivity (Wildman–Crippen MR) is 93.7 cm³/mol. The molecule has 0 aromatic carbocycles. The molecule has 9 nitrogen and oxygen atoms in total. The first-order chi connectivity index (χ1) is 13.5. The van der Waals surface area contributed by atoms with E-state index in [4.69, 9.17) is 4.52 Å². The van der Waals surface area contributed by atoms with E-state index >= 15 is 0 Å². The van der Waals surface area contributed by atoms with Crippen molar-refractivity contribution in [2.75, 3.05) is 19.6 Å². The molecular weight excluding hydrogens is 415 g/mol. The summed E-state index contributed by atoms with van der Waals surface area (Å²) in [6.45, 7) is 2.14. The van der Waals surface area contributed by atoms with Gasteiger partial charge in [-0.05, 0) is 32.8 Å². The van der Waals surface area contributed by atoms with Crippen molar-refractivity contribution in [3.8, 4) is 0 Å². The normalized spacial score (nSPS) is 16.9. The minimum atomic E-state index is -4.51. The fourth-order valence-corrected chi connectivity index (χ4v) is 5.07. The van der Waals surface area contributed by atoms with Crippen molar-refractivity contribution in [3.05, 3.63) is 28.9 Å². The van der Waals surface area contributed by atoms with Crippen LogP contribution in [-0.4, -0.2) is 59.8 Å². The van der Waals surface area contributed by atoms with Gasteiger partial charge in [0.1, 0.15) is 22.8 Å². The molecule has 1 amide bonds. The van der Waals surface area contributed by atoms with Crippen LogP contribution in [0.1, 0.15) is 46.4 Å². The number of rotatable bonds is 5. The highest BCUT2D eigenvalue weighted by atomic mass is 32.2. The van der Waals surface area contributed by atoms with Gasteiger partial charge < -0.3 is 9.84 Å². The molecule has 13 heteroatoms. The summed E-state index contributed by atoms with van der Waals surface area (Å²) in [4.78, 5) is 11.8. The molecule has 0 radical (unpaired) electrons. The number of nitrogens with one attached hydrogen (secondary N) is 2. The Morgan fingerprint density at radius 2 is 2.00 bits per heavy atom. The largest absolute Gasteiger partial charge is 0.405 e. The molecule has 2 aromatic heterocycles. The number of halogens is 3. The summed E-state index contributed by atoms with van der Waals surface area (Å²) in [6, 6.07) is 1.40. The van der Waals surface area contributed by atoms with Gasteiger partial charge in [0.25, 0.3) is 5.91 Å². The van der Waals surface area contributed by atoms with E-state index in [1.165, 1.54) is 17.3 Å². The number of sulfonamides is 1. The van der Waals surface area contributed by atoms with Gasteiger partial charge in [-0.15, -0.1) is 0 Å². The lowest BCUT2D eigenvalue weighted by Crippen LogP contribution is -2.38. The lowest BCUT2D eigenvalue weighted by molar-refractivity contribution is -0.123. The van der Waals surface area contributed by atoms with Crippen molar-refractivity contribution in [1.82, 2.24) is 25.0 Å². The van der Waals surface area contributed by atoms with Crippen LogP contribution in [0, 0.1) is 13.8 Å². The van der Waals surface area contributed by atoms with E-state index in [9.17, 15) is 26.4 Å². The Labute approximate surface area is 164 Å². The maximum Gasteiger partial charge on any atom is 0.405 e. The number of hydrogen-bond donors (Lipinski definition) is 2. The molecule has 29 heavy (non-hydrogen) atoms. The quantitative estimate of drug-likeness (QED) is 0.740. The van der Waals surface area contributed by atoms with Gasteiger partial charge in [-0.2, -0.15) is 22.6 Å². The molecule has 1 saturated heterocycles. The number of carbonyl (C=O) groups is 1. The van der Waals surface area contributed by atoms with E-state index in [1.807, 2.05) is 0 Å². The smallest absolute Gasteiger partial charge is 0.360 e.